The van der Waals surface area contributed by atoms with Crippen molar-refractivity contribution in [2.75, 3.05) is 7.05 Å². The van der Waals surface area contributed by atoms with Gasteiger partial charge in [-0.15, -0.1) is 0 Å². The maximum absolute atomic E-state index is 10.3. The molecule has 0 aliphatic carbocycles. The van der Waals surface area contributed by atoms with Gasteiger partial charge in [-0.1, -0.05) is 19.4 Å². The second-order valence-corrected chi connectivity index (χ2v) is 2.11. The van der Waals surface area contributed by atoms with Crippen LogP contribution < -0.4 is 116 Å². The molecule has 0 aliphatic heterocycles. The molecule has 0 atom stereocenters. The summed E-state index contributed by atoms with van der Waals surface area (Å²) in [6.07, 6.45) is 0. The average molecular weight is 471 g/mol. The first-order chi connectivity index (χ1) is 3.50. The summed E-state index contributed by atoms with van der Waals surface area (Å²) in [4.78, 5) is 10.3. The van der Waals surface area contributed by atoms with Crippen LogP contribution in [-0.2, 0) is 25.2 Å². The summed E-state index contributed by atoms with van der Waals surface area (Å²) in [5.41, 5.74) is 5.84. The zero-order valence-electron chi connectivity index (χ0n) is 7.73. The maximum atomic E-state index is 10.3. The molecule has 1 amide bonds. The van der Waals surface area contributed by atoms with E-state index in [9.17, 15) is 4.79 Å². The van der Waals surface area contributed by atoms with Gasteiger partial charge in [-0.25, -0.2) is 0 Å². The number of carbonyl (C=O) groups excluding carboxylic acids is 1. The van der Waals surface area contributed by atoms with Crippen molar-refractivity contribution >= 4 is 5.91 Å². The fourth-order valence-corrected chi connectivity index (χ4v) is 0.102. The van der Waals surface area contributed by atoms with Crippen molar-refractivity contribution < 1.29 is 142 Å². The summed E-state index contributed by atoms with van der Waals surface area (Å²) in [6.45, 7) is 3.23. The van der Waals surface area contributed by atoms with Gasteiger partial charge in [0.1, 0.15) is 0 Å². The van der Waals surface area contributed by atoms with Crippen LogP contribution in [0.25, 0.3) is 11.1 Å². The average Bonchev–Trinajstić information content (AvgIpc) is 1.67. The van der Waals surface area contributed by atoms with Gasteiger partial charge < -0.3 is 15.8 Å². The van der Waals surface area contributed by atoms with Crippen LogP contribution in [0.4, 0.5) is 0 Å². The van der Waals surface area contributed by atoms with Gasteiger partial charge in [0.2, 0.25) is 0 Å². The van der Waals surface area contributed by atoms with Crippen molar-refractivity contribution in [3.05, 3.63) is 11.1 Å². The van der Waals surface area contributed by atoms with E-state index in [-0.39, 0.29) is 137 Å². The van der Waals surface area contributed by atoms with E-state index in [4.69, 9.17) is 5.73 Å². The molecule has 0 aromatic rings. The molecule has 3 nitrogen and oxygen atoms in total. The quantitative estimate of drug-likeness (QED) is 0.400. The third-order valence-corrected chi connectivity index (χ3v) is 1.11. The molecule has 0 saturated heterocycles. The van der Waals surface area contributed by atoms with E-state index >= 15 is 0 Å². The molecule has 0 fully saturated rings. The maximum Gasteiger partial charge on any atom is 1.00 e. The van der Waals surface area contributed by atoms with Gasteiger partial charge in [-0.2, -0.15) is 7.05 Å². The fraction of sp³-hybridized carbons (Fsp3) is 0.800. The Kier molecular flexibility index (Phi) is 25.8. The van der Waals surface area contributed by atoms with E-state index in [2.05, 4.69) is 5.32 Å². The third kappa shape index (κ3) is 11.6. The molecule has 0 aromatic heterocycles. The smallest absolute Gasteiger partial charge is 0.669 e. The van der Waals surface area contributed by atoms with Crippen LogP contribution in [0.3, 0.4) is 0 Å². The zero-order valence-corrected chi connectivity index (χ0v) is 20.3. The molecule has 0 aromatic carbocycles. The van der Waals surface area contributed by atoms with Crippen LogP contribution >= 0.6 is 0 Å². The number of likely N-dealkylation sites (N-methyl/N-ethyl adjacent to an activating group) is 1. The van der Waals surface area contributed by atoms with Crippen LogP contribution in [0.2, 0.25) is 0 Å². The monoisotopic (exact) mass is 471 g/mol. The topological polar surface area (TPSA) is 55.0 Å². The summed E-state index contributed by atoms with van der Waals surface area (Å²) >= 11 is 0. The minimum atomic E-state index is -0.806. The van der Waals surface area contributed by atoms with Gasteiger partial charge in [0.25, 0.3) is 0 Å². The molecule has 0 heterocycles. The predicted molar refractivity (Wildman–Crippen MR) is 32.7 cm³/mol. The first-order valence-corrected chi connectivity index (χ1v) is 2.37. The summed E-state index contributed by atoms with van der Waals surface area (Å²) < 4.78 is 0. The fourth-order valence-electron chi connectivity index (χ4n) is 0.102. The molecule has 0 spiro atoms. The van der Waals surface area contributed by atoms with Gasteiger partial charge in [-0.3, -0.25) is 0 Å². The molecule has 0 unspecified atom stereocenters. The van der Waals surface area contributed by atoms with Crippen molar-refractivity contribution in [3.8, 4) is 0 Å². The van der Waals surface area contributed by atoms with Crippen LogP contribution in [0.1, 0.15) is 13.8 Å². The van der Waals surface area contributed by atoms with Gasteiger partial charge in [0, 0.05) is 26.3 Å². The standard InChI is InChI=1S/C5H11N2O.2Rb.Re/c1-5(2,7-3)4(6)8;;;/h1-3H3,(H2,6,8);;;/q-1;2*+1;/p-1. The van der Waals surface area contributed by atoms with E-state index in [1.165, 1.54) is 7.05 Å². The van der Waals surface area contributed by atoms with E-state index < -0.39 is 11.4 Å². The molecular weight excluding hydrogens is 461 g/mol. The molecule has 55 valence electrons. The minimum absolute atomic E-state index is 0. The van der Waals surface area contributed by atoms with Gasteiger partial charge >= 0.3 is 116 Å². The van der Waals surface area contributed by atoms with Crippen molar-refractivity contribution in [2.24, 2.45) is 0 Å². The van der Waals surface area contributed by atoms with E-state index in [0.717, 1.165) is 0 Å². The number of hydrogen-bond donors (Lipinski definition) is 0. The number of nitrogens with zero attached hydrogens (tertiary/aromatic N) is 1. The zero-order chi connectivity index (χ0) is 6.78. The molecular formula is C5H10N2ORb2Re. The Balaban J connectivity index is -0.0000000817. The summed E-state index contributed by atoms with van der Waals surface area (Å²) in [5, 5.41) is 3.68. The normalized spacial score (nSPS) is 8.27. The first-order valence-electron chi connectivity index (χ1n) is 2.37. The van der Waals surface area contributed by atoms with E-state index in [1.54, 1.807) is 13.8 Å². The summed E-state index contributed by atoms with van der Waals surface area (Å²) in [6, 6.07) is 0. The second kappa shape index (κ2) is 11.8. The first kappa shape index (κ1) is 24.1. The van der Waals surface area contributed by atoms with Crippen LogP contribution in [0, 0.1) is 0 Å². The van der Waals surface area contributed by atoms with Crippen molar-refractivity contribution in [1.29, 1.82) is 0 Å². The van der Waals surface area contributed by atoms with Crippen LogP contribution in [0.15, 0.2) is 0 Å². The summed E-state index contributed by atoms with van der Waals surface area (Å²) in [7, 11) is 1.53. The number of rotatable bonds is 2. The number of carbonyl (C=O) groups is 1. The van der Waals surface area contributed by atoms with Crippen LogP contribution in [-0.4, -0.2) is 18.5 Å². The molecule has 6 heteroatoms. The Hall–Kier alpha value is 3.70. The van der Waals surface area contributed by atoms with Crippen molar-refractivity contribution in [2.45, 2.75) is 19.4 Å². The molecule has 11 heavy (non-hydrogen) atoms. The van der Waals surface area contributed by atoms with Gasteiger partial charge in [0.05, 0.1) is 0 Å². The Morgan fingerprint density at radius 1 is 1.36 bits per heavy atom. The molecule has 0 bridgehead atoms. The predicted octanol–water partition coefficient (Wildman–Crippen LogP) is -4.65. The van der Waals surface area contributed by atoms with Gasteiger partial charge in [-0.05, 0) is 0 Å². The molecule has 0 rings (SSSR count). The van der Waals surface area contributed by atoms with E-state index in [1.807, 2.05) is 0 Å². The van der Waals surface area contributed by atoms with Crippen molar-refractivity contribution in [1.82, 2.24) is 0 Å². The van der Waals surface area contributed by atoms with Crippen LogP contribution in [0.5, 0.6) is 0 Å². The summed E-state index contributed by atoms with van der Waals surface area (Å²) in [5.74, 6) is -0.639. The van der Waals surface area contributed by atoms with E-state index in [0.29, 0.717) is 0 Å². The Labute approximate surface area is 180 Å². The third-order valence-electron chi connectivity index (χ3n) is 1.11. The number of hydrogen-bond acceptors (Lipinski definition) is 1. The van der Waals surface area contributed by atoms with Crippen molar-refractivity contribution in [3.63, 3.8) is 0 Å². The second-order valence-electron chi connectivity index (χ2n) is 2.11. The molecule has 1 radical (unpaired) electrons. The molecule has 1 N–H and O–H groups in total. The minimum Gasteiger partial charge on any atom is -0.669 e. The Morgan fingerprint density at radius 2 is 1.64 bits per heavy atom. The largest absolute Gasteiger partial charge is 1.00 e. The Bertz CT molecular complexity index is 111. The molecule has 0 saturated carbocycles. The van der Waals surface area contributed by atoms with Gasteiger partial charge in [0.15, 0.2) is 0 Å². The SMILES string of the molecule is C[N-]C(C)(C)C([NH-])=O.[Rb+].[Rb+].[Re]. The molecule has 0 aliphatic rings. The number of nitrogens with one attached hydrogen (secondary N) is 1. The Morgan fingerprint density at radius 3 is 1.64 bits per heavy atom. The number of amides is 1.